The van der Waals surface area contributed by atoms with Crippen LogP contribution in [0.3, 0.4) is 0 Å². The van der Waals surface area contributed by atoms with Gasteiger partial charge in [0.1, 0.15) is 0 Å². The van der Waals surface area contributed by atoms with E-state index < -0.39 is 4.92 Å². The summed E-state index contributed by atoms with van der Waals surface area (Å²) in [7, 11) is 0. The van der Waals surface area contributed by atoms with Crippen molar-refractivity contribution < 1.29 is 4.92 Å². The number of non-ortho nitro benzene ring substituents is 1. The minimum absolute atomic E-state index is 0.0125. The number of thiazole rings is 1. The normalized spacial score (nSPS) is 11.9. The Balaban J connectivity index is 2.15. The van der Waals surface area contributed by atoms with Crippen molar-refractivity contribution in [1.29, 1.82) is 5.26 Å². The molecule has 1 aromatic heterocycles. The number of hydrogen-bond acceptors (Lipinski definition) is 6. The van der Waals surface area contributed by atoms with Gasteiger partial charge in [0.2, 0.25) is 4.80 Å². The fourth-order valence-corrected chi connectivity index (χ4v) is 3.51. The molecule has 0 saturated carbocycles. The average molecular weight is 417 g/mol. The number of nitro groups is 1. The zero-order chi connectivity index (χ0) is 21.7. The second-order valence-electron chi connectivity index (χ2n) is 6.67. The van der Waals surface area contributed by atoms with Gasteiger partial charge in [0.25, 0.3) is 5.69 Å². The van der Waals surface area contributed by atoms with Crippen molar-refractivity contribution in [2.75, 3.05) is 6.54 Å². The van der Waals surface area contributed by atoms with Gasteiger partial charge in [-0.15, -0.1) is 11.3 Å². The maximum absolute atomic E-state index is 11.2. The molecule has 0 amide bonds. The van der Waals surface area contributed by atoms with Crippen LogP contribution in [0.15, 0.2) is 76.2 Å². The summed E-state index contributed by atoms with van der Waals surface area (Å²) in [5, 5.41) is 26.8. The largest absolute Gasteiger partial charge is 0.270 e. The van der Waals surface area contributed by atoms with E-state index in [9.17, 15) is 10.1 Å². The Morgan fingerprint density at radius 1 is 1.27 bits per heavy atom. The van der Waals surface area contributed by atoms with E-state index in [0.717, 1.165) is 16.8 Å². The predicted octanol–water partition coefficient (Wildman–Crippen LogP) is 4.75. The molecule has 0 atom stereocenters. The lowest BCUT2D eigenvalue weighted by molar-refractivity contribution is -0.384. The van der Waals surface area contributed by atoms with Crippen molar-refractivity contribution in [3.63, 3.8) is 0 Å². The van der Waals surface area contributed by atoms with Gasteiger partial charge in [0, 0.05) is 23.1 Å². The minimum atomic E-state index is -0.419. The molecule has 0 aliphatic rings. The topological polar surface area (TPSA) is 96.6 Å². The third-order valence-electron chi connectivity index (χ3n) is 4.20. The Labute approximate surface area is 177 Å². The summed E-state index contributed by atoms with van der Waals surface area (Å²) in [4.78, 5) is 16.0. The van der Waals surface area contributed by atoms with E-state index in [1.54, 1.807) is 28.9 Å². The van der Waals surface area contributed by atoms with Crippen molar-refractivity contribution in [1.82, 2.24) is 4.68 Å². The molecule has 0 radical (unpaired) electrons. The lowest BCUT2D eigenvalue weighted by atomic mass is 10.1. The van der Waals surface area contributed by atoms with Crippen LogP contribution in [0.4, 0.5) is 5.69 Å². The quantitative estimate of drug-likeness (QED) is 0.251. The number of aromatic nitrogens is 1. The number of rotatable bonds is 6. The van der Waals surface area contributed by atoms with Gasteiger partial charge in [-0.25, -0.2) is 4.68 Å². The number of benzene rings is 2. The van der Waals surface area contributed by atoms with E-state index in [4.69, 9.17) is 10.4 Å². The van der Waals surface area contributed by atoms with Crippen LogP contribution in [0.1, 0.15) is 25.0 Å². The summed E-state index contributed by atoms with van der Waals surface area (Å²) in [5.41, 5.74) is 4.47. The molecule has 3 aromatic rings. The Hall–Kier alpha value is -3.83. The summed E-state index contributed by atoms with van der Waals surface area (Å²) in [5.74, 6) is 0. The zero-order valence-electron chi connectivity index (χ0n) is 16.6. The summed E-state index contributed by atoms with van der Waals surface area (Å²) >= 11 is 1.41. The van der Waals surface area contributed by atoms with Crippen LogP contribution in [0.25, 0.3) is 11.3 Å². The van der Waals surface area contributed by atoms with Crippen LogP contribution < -0.4 is 4.80 Å². The van der Waals surface area contributed by atoms with Crippen molar-refractivity contribution in [2.45, 2.75) is 13.8 Å². The highest BCUT2D eigenvalue weighted by molar-refractivity contribution is 7.07. The van der Waals surface area contributed by atoms with Crippen LogP contribution in [0, 0.1) is 21.4 Å². The summed E-state index contributed by atoms with van der Waals surface area (Å²) in [6, 6.07) is 15.7. The standard InChI is InChI=1S/C22H19N5O2S/c1-15(2)13-24-22-26(25-16(3)18-9-7-17(12-23)8-10-18)21(14-30-22)19-5-4-6-20(11-19)27(28)29/h4-11,14H,1,13H2,2-3H3. The van der Waals surface area contributed by atoms with Gasteiger partial charge < -0.3 is 0 Å². The first-order chi connectivity index (χ1) is 14.4. The SMILES string of the molecule is C=C(C)CN=c1scc(-c2cccc([N+](=O)[O-])c2)n1N=C(C)c1ccc(C#N)cc1. The Morgan fingerprint density at radius 2 is 2.00 bits per heavy atom. The lowest BCUT2D eigenvalue weighted by Gasteiger charge is -2.07. The molecule has 0 bridgehead atoms. The second kappa shape index (κ2) is 9.11. The molecule has 0 spiro atoms. The molecular formula is C22H19N5O2S. The number of nitro benzene ring substituents is 1. The monoisotopic (exact) mass is 417 g/mol. The van der Waals surface area contributed by atoms with Gasteiger partial charge >= 0.3 is 0 Å². The van der Waals surface area contributed by atoms with Crippen molar-refractivity contribution in [2.24, 2.45) is 10.1 Å². The molecule has 0 aliphatic carbocycles. The Kier molecular flexibility index (Phi) is 6.35. The van der Waals surface area contributed by atoms with Crippen LogP contribution in [0.2, 0.25) is 0 Å². The van der Waals surface area contributed by atoms with Gasteiger partial charge in [-0.2, -0.15) is 10.4 Å². The first-order valence-corrected chi connectivity index (χ1v) is 9.93. The van der Waals surface area contributed by atoms with E-state index in [1.807, 2.05) is 31.4 Å². The molecule has 0 fully saturated rings. The molecule has 0 unspecified atom stereocenters. The van der Waals surface area contributed by atoms with Gasteiger partial charge in [-0.05, 0) is 31.5 Å². The highest BCUT2D eigenvalue weighted by atomic mass is 32.1. The molecule has 2 aromatic carbocycles. The predicted molar refractivity (Wildman–Crippen MR) is 118 cm³/mol. The fourth-order valence-electron chi connectivity index (χ4n) is 2.68. The van der Waals surface area contributed by atoms with Gasteiger partial charge in [-0.3, -0.25) is 15.1 Å². The molecule has 150 valence electrons. The molecule has 3 rings (SSSR count). The van der Waals surface area contributed by atoms with Crippen LogP contribution >= 0.6 is 11.3 Å². The highest BCUT2D eigenvalue weighted by Gasteiger charge is 2.13. The zero-order valence-corrected chi connectivity index (χ0v) is 17.4. The summed E-state index contributed by atoms with van der Waals surface area (Å²) in [6.45, 7) is 8.11. The van der Waals surface area contributed by atoms with E-state index in [1.165, 1.54) is 23.5 Å². The summed E-state index contributed by atoms with van der Waals surface area (Å²) < 4.78 is 1.69. The molecule has 0 N–H and O–H groups in total. The highest BCUT2D eigenvalue weighted by Crippen LogP contribution is 2.24. The number of nitrogens with zero attached hydrogens (tertiary/aromatic N) is 5. The Bertz CT molecular complexity index is 1240. The van der Waals surface area contributed by atoms with Gasteiger partial charge in [0.05, 0.1) is 34.5 Å². The van der Waals surface area contributed by atoms with Crippen LogP contribution in [0.5, 0.6) is 0 Å². The molecule has 1 heterocycles. The third kappa shape index (κ3) is 4.77. The molecule has 8 heteroatoms. The van der Waals surface area contributed by atoms with E-state index in [2.05, 4.69) is 17.6 Å². The van der Waals surface area contributed by atoms with Crippen molar-refractivity contribution in [3.8, 4) is 17.3 Å². The maximum atomic E-state index is 11.2. The fraction of sp³-hybridized carbons (Fsp3) is 0.136. The van der Waals surface area contributed by atoms with Gasteiger partial charge in [-0.1, -0.05) is 36.4 Å². The number of hydrogen-bond donors (Lipinski definition) is 0. The van der Waals surface area contributed by atoms with Crippen molar-refractivity contribution >= 4 is 22.7 Å². The van der Waals surface area contributed by atoms with Gasteiger partial charge in [0.15, 0.2) is 0 Å². The smallest absolute Gasteiger partial charge is 0.258 e. The minimum Gasteiger partial charge on any atom is -0.258 e. The summed E-state index contributed by atoms with van der Waals surface area (Å²) in [6.07, 6.45) is 0. The van der Waals surface area contributed by atoms with Crippen molar-refractivity contribution in [3.05, 3.63) is 92.1 Å². The molecule has 30 heavy (non-hydrogen) atoms. The number of nitriles is 1. The van der Waals surface area contributed by atoms with Crippen LogP contribution in [-0.2, 0) is 0 Å². The van der Waals surface area contributed by atoms with E-state index >= 15 is 0 Å². The molecule has 7 nitrogen and oxygen atoms in total. The molecule has 0 saturated heterocycles. The lowest BCUT2D eigenvalue weighted by Crippen LogP contribution is -2.15. The second-order valence-corrected chi connectivity index (χ2v) is 7.51. The maximum Gasteiger partial charge on any atom is 0.270 e. The molecular weight excluding hydrogens is 398 g/mol. The van der Waals surface area contributed by atoms with Crippen LogP contribution in [-0.4, -0.2) is 21.9 Å². The Morgan fingerprint density at radius 3 is 2.63 bits per heavy atom. The average Bonchev–Trinajstić information content (AvgIpc) is 3.14. The first kappa shape index (κ1) is 20.9. The van der Waals surface area contributed by atoms with E-state index in [0.29, 0.717) is 28.2 Å². The third-order valence-corrected chi connectivity index (χ3v) is 5.06. The first-order valence-electron chi connectivity index (χ1n) is 9.05. The molecule has 0 aliphatic heterocycles. The van der Waals surface area contributed by atoms with E-state index in [-0.39, 0.29) is 5.69 Å².